The van der Waals surface area contributed by atoms with Gasteiger partial charge in [-0.15, -0.1) is 0 Å². The first-order valence-corrected chi connectivity index (χ1v) is 12.9. The number of aliphatic hydroxyl groups excluding tert-OH is 1. The zero-order chi connectivity index (χ0) is 28.2. The number of hydrogen-bond donors (Lipinski definition) is 4. The van der Waals surface area contributed by atoms with E-state index in [0.717, 1.165) is 0 Å². The number of nitrogens with zero attached hydrogens (tertiary/aromatic N) is 1. The molecule has 3 amide bonds. The Morgan fingerprint density at radius 3 is 2.03 bits per heavy atom. The highest BCUT2D eigenvalue weighted by Gasteiger charge is 2.28. The van der Waals surface area contributed by atoms with Crippen molar-refractivity contribution in [2.45, 2.75) is 58.3 Å². The van der Waals surface area contributed by atoms with Gasteiger partial charge in [0.05, 0.1) is 65.8 Å². The minimum absolute atomic E-state index is 0.0243. The molecule has 14 heteroatoms. The van der Waals surface area contributed by atoms with Gasteiger partial charge in [-0.3, -0.25) is 19.8 Å². The first kappa shape index (κ1) is 33.7. The molecule has 0 radical (unpaired) electrons. The van der Waals surface area contributed by atoms with Crippen LogP contribution >= 0.6 is 0 Å². The average molecular weight is 549 g/mol. The van der Waals surface area contributed by atoms with E-state index in [-0.39, 0.29) is 44.2 Å². The number of hydrogen-bond acceptors (Lipinski definition) is 11. The summed E-state index contributed by atoms with van der Waals surface area (Å²) < 4.78 is 26.5. The summed E-state index contributed by atoms with van der Waals surface area (Å²) in [7, 11) is 0. The van der Waals surface area contributed by atoms with Crippen molar-refractivity contribution < 1.29 is 48.0 Å². The molecule has 0 aromatic heterocycles. The monoisotopic (exact) mass is 548 g/mol. The third-order valence-electron chi connectivity index (χ3n) is 4.97. The smallest absolute Gasteiger partial charge is 0.426 e. The van der Waals surface area contributed by atoms with Gasteiger partial charge in [0.25, 0.3) is 0 Å². The lowest BCUT2D eigenvalue weighted by molar-refractivity contribution is -0.133. The van der Waals surface area contributed by atoms with Gasteiger partial charge in [-0.2, -0.15) is 0 Å². The van der Waals surface area contributed by atoms with Crippen molar-refractivity contribution in [1.29, 1.82) is 0 Å². The van der Waals surface area contributed by atoms with Gasteiger partial charge in [0.1, 0.15) is 17.6 Å². The van der Waals surface area contributed by atoms with Crippen LogP contribution in [0, 0.1) is 0 Å². The number of amides is 3. The molecule has 1 heterocycles. The second-order valence-electron chi connectivity index (χ2n) is 9.45. The van der Waals surface area contributed by atoms with Crippen molar-refractivity contribution in [1.82, 2.24) is 21.1 Å². The highest BCUT2D eigenvalue weighted by molar-refractivity contribution is 5.82. The average Bonchev–Trinajstić information content (AvgIpc) is 3.16. The molecule has 14 nitrogen and oxygen atoms in total. The maximum atomic E-state index is 11.9. The molecule has 0 aliphatic carbocycles. The van der Waals surface area contributed by atoms with Gasteiger partial charge in [-0.05, 0) is 20.8 Å². The molecular formula is C24H44N4O10. The molecule has 0 spiro atoms. The van der Waals surface area contributed by atoms with Crippen molar-refractivity contribution >= 4 is 23.7 Å². The molecule has 1 saturated heterocycles. The van der Waals surface area contributed by atoms with Crippen molar-refractivity contribution in [3.63, 3.8) is 0 Å². The SMILES string of the molecule is CC(C)(C)OC(=O)NNC(=O)CCOCCOCCOCCOCCNCC(=O)CCN1C(=O)CCC1O. The second kappa shape index (κ2) is 19.7. The summed E-state index contributed by atoms with van der Waals surface area (Å²) in [6.07, 6.45) is -0.450. The number of likely N-dealkylation sites (tertiary alicyclic amines) is 1. The van der Waals surface area contributed by atoms with Crippen molar-refractivity contribution in [2.75, 3.05) is 72.5 Å². The summed E-state index contributed by atoms with van der Waals surface area (Å²) >= 11 is 0. The van der Waals surface area contributed by atoms with E-state index in [0.29, 0.717) is 65.6 Å². The summed E-state index contributed by atoms with van der Waals surface area (Å²) in [5.74, 6) is -0.533. The number of ether oxygens (including phenoxy) is 5. The van der Waals surface area contributed by atoms with E-state index in [9.17, 15) is 24.3 Å². The summed E-state index contributed by atoms with van der Waals surface area (Å²) in [6, 6.07) is 0. The number of Topliss-reactive ketones (excluding diaryl/α,β-unsaturated/α-hetero) is 1. The molecule has 0 aromatic rings. The molecule has 1 atom stereocenters. The van der Waals surface area contributed by atoms with Crippen molar-refractivity contribution in [2.24, 2.45) is 0 Å². The Labute approximate surface area is 224 Å². The summed E-state index contributed by atoms with van der Waals surface area (Å²) in [5, 5.41) is 12.7. The summed E-state index contributed by atoms with van der Waals surface area (Å²) in [4.78, 5) is 47.8. The molecule has 220 valence electrons. The Balaban J connectivity index is 1.79. The number of ketones is 1. The van der Waals surface area contributed by atoms with E-state index in [1.54, 1.807) is 20.8 Å². The molecule has 1 aliphatic heterocycles. The number of hydrazine groups is 1. The first-order chi connectivity index (χ1) is 18.1. The highest BCUT2D eigenvalue weighted by atomic mass is 16.6. The third kappa shape index (κ3) is 18.0. The lowest BCUT2D eigenvalue weighted by Crippen LogP contribution is -2.44. The molecule has 0 aromatic carbocycles. The number of carbonyl (C=O) groups excluding carboxylic acids is 4. The summed E-state index contributed by atoms with van der Waals surface area (Å²) in [6.45, 7) is 9.05. The molecule has 1 rings (SSSR count). The van der Waals surface area contributed by atoms with Gasteiger partial charge in [-0.1, -0.05) is 0 Å². The van der Waals surface area contributed by atoms with Crippen LogP contribution in [0.2, 0.25) is 0 Å². The van der Waals surface area contributed by atoms with Crippen LogP contribution in [-0.4, -0.2) is 118 Å². The van der Waals surface area contributed by atoms with Crippen molar-refractivity contribution in [3.8, 4) is 0 Å². The molecule has 1 fully saturated rings. The van der Waals surface area contributed by atoms with Crippen LogP contribution in [0.5, 0.6) is 0 Å². The second-order valence-corrected chi connectivity index (χ2v) is 9.45. The molecule has 38 heavy (non-hydrogen) atoms. The molecule has 0 saturated carbocycles. The number of aliphatic hydroxyl groups is 1. The lowest BCUT2D eigenvalue weighted by atomic mass is 10.2. The molecule has 1 unspecified atom stereocenters. The minimum Gasteiger partial charge on any atom is -0.443 e. The number of nitrogens with one attached hydrogen (secondary N) is 3. The topological polar surface area (TPSA) is 174 Å². The number of rotatable bonds is 20. The van der Waals surface area contributed by atoms with Crippen LogP contribution in [-0.2, 0) is 38.1 Å². The van der Waals surface area contributed by atoms with Gasteiger partial charge < -0.3 is 39.0 Å². The molecule has 0 bridgehead atoms. The first-order valence-electron chi connectivity index (χ1n) is 12.9. The standard InChI is InChI=1S/C24H44N4O10/c1-24(2,3)38-23(33)27-26-20(30)7-10-34-12-14-36-16-17-37-15-13-35-11-8-25-18-19(29)6-9-28-21(31)4-5-22(28)32/h21,25,31H,4-18H2,1-3H3,(H,26,30)(H,27,33). The Hall–Kier alpha value is -2.36. The Kier molecular flexibility index (Phi) is 17.4. The van der Waals surface area contributed by atoms with Gasteiger partial charge >= 0.3 is 6.09 Å². The Morgan fingerprint density at radius 1 is 0.895 bits per heavy atom. The molecule has 1 aliphatic rings. The van der Waals surface area contributed by atoms with Gasteiger partial charge in [-0.25, -0.2) is 10.2 Å². The van der Waals surface area contributed by atoms with E-state index < -0.39 is 23.8 Å². The quantitative estimate of drug-likeness (QED) is 0.114. The van der Waals surface area contributed by atoms with Crippen LogP contribution in [0.3, 0.4) is 0 Å². The fourth-order valence-corrected chi connectivity index (χ4v) is 3.11. The normalized spacial score (nSPS) is 15.5. The summed E-state index contributed by atoms with van der Waals surface area (Å²) in [5.41, 5.74) is 3.75. The molecule has 4 N–H and O–H groups in total. The van der Waals surface area contributed by atoms with Gasteiger partial charge in [0.2, 0.25) is 11.8 Å². The van der Waals surface area contributed by atoms with Gasteiger partial charge in [0, 0.05) is 32.4 Å². The van der Waals surface area contributed by atoms with E-state index in [1.165, 1.54) is 4.90 Å². The zero-order valence-electron chi connectivity index (χ0n) is 22.8. The zero-order valence-corrected chi connectivity index (χ0v) is 22.8. The maximum Gasteiger partial charge on any atom is 0.426 e. The van der Waals surface area contributed by atoms with E-state index in [2.05, 4.69) is 16.2 Å². The minimum atomic E-state index is -0.769. The van der Waals surface area contributed by atoms with Crippen LogP contribution in [0.15, 0.2) is 0 Å². The predicted octanol–water partition coefficient (Wildman–Crippen LogP) is -0.512. The van der Waals surface area contributed by atoms with Crippen LogP contribution < -0.4 is 16.2 Å². The predicted molar refractivity (Wildman–Crippen MR) is 135 cm³/mol. The van der Waals surface area contributed by atoms with E-state index >= 15 is 0 Å². The van der Waals surface area contributed by atoms with Gasteiger partial charge in [0.15, 0.2) is 0 Å². The van der Waals surface area contributed by atoms with Crippen molar-refractivity contribution in [3.05, 3.63) is 0 Å². The third-order valence-corrected chi connectivity index (χ3v) is 4.97. The van der Waals surface area contributed by atoms with Crippen LogP contribution in [0.1, 0.15) is 46.5 Å². The lowest BCUT2D eigenvalue weighted by Gasteiger charge is -2.19. The largest absolute Gasteiger partial charge is 0.443 e. The number of carbonyl (C=O) groups is 4. The van der Waals surface area contributed by atoms with E-state index in [4.69, 9.17) is 23.7 Å². The van der Waals surface area contributed by atoms with E-state index in [1.807, 2.05) is 0 Å². The maximum absolute atomic E-state index is 11.9. The highest BCUT2D eigenvalue weighted by Crippen LogP contribution is 2.16. The molecular weight excluding hydrogens is 504 g/mol. The fourth-order valence-electron chi connectivity index (χ4n) is 3.11. The van der Waals surface area contributed by atoms with Crippen LogP contribution in [0.4, 0.5) is 4.79 Å². The van der Waals surface area contributed by atoms with Crippen LogP contribution in [0.25, 0.3) is 0 Å². The Morgan fingerprint density at radius 2 is 1.47 bits per heavy atom. The fraction of sp³-hybridized carbons (Fsp3) is 0.833. The Bertz CT molecular complexity index is 717.